The molecule has 0 spiro atoms. The van der Waals surface area contributed by atoms with Crippen molar-refractivity contribution in [3.05, 3.63) is 23.8 Å². The third kappa shape index (κ3) is 4.18. The molecule has 6 heteroatoms. The molecular formula is C9H12O5S. The van der Waals surface area contributed by atoms with Crippen LogP contribution in [-0.4, -0.2) is 30.4 Å². The number of phenolic OH excluding ortho intramolecular Hbond substituents is 1. The number of ether oxygens (including phenoxy) is 1. The van der Waals surface area contributed by atoms with E-state index in [1.165, 1.54) is 6.07 Å². The Labute approximate surface area is 88.1 Å². The van der Waals surface area contributed by atoms with Gasteiger partial charge in [0.25, 0.3) is 10.1 Å². The molecule has 0 amide bonds. The van der Waals surface area contributed by atoms with E-state index in [0.717, 1.165) is 0 Å². The summed E-state index contributed by atoms with van der Waals surface area (Å²) < 4.78 is 34.2. The van der Waals surface area contributed by atoms with Gasteiger partial charge in [0.1, 0.15) is 23.9 Å². The number of aromatic hydroxyl groups is 1. The summed E-state index contributed by atoms with van der Waals surface area (Å²) in [5, 5.41) is 9.31. The molecule has 0 aliphatic heterocycles. The SMILES string of the molecule is Cc1ccc(OCCS(=O)(=O)O)cc1O. The van der Waals surface area contributed by atoms with Crippen molar-refractivity contribution in [3.8, 4) is 11.5 Å². The second-order valence-electron chi connectivity index (χ2n) is 3.08. The first-order valence-electron chi connectivity index (χ1n) is 4.26. The molecule has 0 radical (unpaired) electrons. The first kappa shape index (κ1) is 11.8. The highest BCUT2D eigenvalue weighted by atomic mass is 32.2. The summed E-state index contributed by atoms with van der Waals surface area (Å²) in [7, 11) is -4.00. The zero-order valence-corrected chi connectivity index (χ0v) is 8.99. The summed E-state index contributed by atoms with van der Waals surface area (Å²) in [6.45, 7) is 1.58. The molecule has 0 aliphatic rings. The largest absolute Gasteiger partial charge is 0.508 e. The van der Waals surface area contributed by atoms with Crippen molar-refractivity contribution in [2.45, 2.75) is 6.92 Å². The quantitative estimate of drug-likeness (QED) is 0.755. The zero-order chi connectivity index (χ0) is 11.5. The van der Waals surface area contributed by atoms with Gasteiger partial charge in [-0.2, -0.15) is 8.42 Å². The van der Waals surface area contributed by atoms with Gasteiger partial charge in [0, 0.05) is 6.07 Å². The highest BCUT2D eigenvalue weighted by molar-refractivity contribution is 7.85. The Hall–Kier alpha value is -1.27. The van der Waals surface area contributed by atoms with E-state index >= 15 is 0 Å². The fraction of sp³-hybridized carbons (Fsp3) is 0.333. The van der Waals surface area contributed by atoms with Crippen molar-refractivity contribution in [1.29, 1.82) is 0 Å². The van der Waals surface area contributed by atoms with Crippen molar-refractivity contribution in [2.24, 2.45) is 0 Å². The lowest BCUT2D eigenvalue weighted by molar-refractivity contribution is 0.333. The molecule has 0 atom stereocenters. The fourth-order valence-electron chi connectivity index (χ4n) is 0.944. The predicted octanol–water partition coefficient (Wildman–Crippen LogP) is 0.967. The Balaban J connectivity index is 2.55. The maximum atomic E-state index is 10.4. The van der Waals surface area contributed by atoms with Gasteiger partial charge >= 0.3 is 0 Å². The molecule has 15 heavy (non-hydrogen) atoms. The average molecular weight is 232 g/mol. The standard InChI is InChI=1S/C9H12O5S/c1-7-2-3-8(6-9(7)10)14-4-5-15(11,12)13/h2-3,6,10H,4-5H2,1H3,(H,11,12,13). The van der Waals surface area contributed by atoms with Crippen LogP contribution in [0.3, 0.4) is 0 Å². The molecule has 0 saturated heterocycles. The second-order valence-corrected chi connectivity index (χ2v) is 4.65. The van der Waals surface area contributed by atoms with E-state index in [4.69, 9.17) is 9.29 Å². The van der Waals surface area contributed by atoms with E-state index in [0.29, 0.717) is 11.3 Å². The van der Waals surface area contributed by atoms with Gasteiger partial charge in [-0.25, -0.2) is 0 Å². The monoisotopic (exact) mass is 232 g/mol. The van der Waals surface area contributed by atoms with Crippen LogP contribution in [-0.2, 0) is 10.1 Å². The van der Waals surface area contributed by atoms with Gasteiger partial charge in [0.15, 0.2) is 0 Å². The Morgan fingerprint density at radius 3 is 2.60 bits per heavy atom. The van der Waals surface area contributed by atoms with Crippen LogP contribution in [0.2, 0.25) is 0 Å². The number of rotatable bonds is 4. The van der Waals surface area contributed by atoms with Gasteiger partial charge in [-0.3, -0.25) is 4.55 Å². The first-order chi connectivity index (χ1) is 6.88. The van der Waals surface area contributed by atoms with Crippen LogP contribution in [0.25, 0.3) is 0 Å². The van der Waals surface area contributed by atoms with Crippen molar-refractivity contribution in [2.75, 3.05) is 12.4 Å². The molecule has 0 bridgehead atoms. The summed E-state index contributed by atoms with van der Waals surface area (Å²) in [6, 6.07) is 4.65. The third-order valence-corrected chi connectivity index (χ3v) is 2.47. The van der Waals surface area contributed by atoms with Gasteiger partial charge in [-0.1, -0.05) is 6.07 Å². The molecule has 0 aliphatic carbocycles. The molecule has 1 rings (SSSR count). The number of hydrogen-bond donors (Lipinski definition) is 2. The molecule has 1 aromatic carbocycles. The van der Waals surface area contributed by atoms with Crippen LogP contribution in [0.1, 0.15) is 5.56 Å². The Morgan fingerprint density at radius 2 is 2.07 bits per heavy atom. The fourth-order valence-corrected chi connectivity index (χ4v) is 1.24. The van der Waals surface area contributed by atoms with Crippen LogP contribution in [0.15, 0.2) is 18.2 Å². The van der Waals surface area contributed by atoms with E-state index in [2.05, 4.69) is 0 Å². The Bertz CT molecular complexity index is 438. The van der Waals surface area contributed by atoms with Crippen molar-refractivity contribution < 1.29 is 22.8 Å². The molecule has 0 saturated carbocycles. The molecule has 2 N–H and O–H groups in total. The zero-order valence-electron chi connectivity index (χ0n) is 8.17. The van der Waals surface area contributed by atoms with Crippen LogP contribution in [0.5, 0.6) is 11.5 Å². The number of phenols is 1. The van der Waals surface area contributed by atoms with Gasteiger partial charge in [0.2, 0.25) is 0 Å². The summed E-state index contributed by atoms with van der Waals surface area (Å²) >= 11 is 0. The minimum atomic E-state index is -4.00. The Kier molecular flexibility index (Phi) is 3.54. The lowest BCUT2D eigenvalue weighted by Crippen LogP contribution is -2.12. The van der Waals surface area contributed by atoms with Gasteiger partial charge in [-0.05, 0) is 18.6 Å². The molecule has 1 aromatic rings. The van der Waals surface area contributed by atoms with Crippen molar-refractivity contribution in [1.82, 2.24) is 0 Å². The normalized spacial score (nSPS) is 11.3. The molecular weight excluding hydrogens is 220 g/mol. The minimum Gasteiger partial charge on any atom is -0.508 e. The number of aryl methyl sites for hydroxylation is 1. The summed E-state index contributed by atoms with van der Waals surface area (Å²) in [5.41, 5.74) is 0.706. The Morgan fingerprint density at radius 1 is 1.40 bits per heavy atom. The number of hydrogen-bond acceptors (Lipinski definition) is 4. The predicted molar refractivity (Wildman–Crippen MR) is 54.8 cm³/mol. The summed E-state index contributed by atoms with van der Waals surface area (Å²) in [6.07, 6.45) is 0. The van der Waals surface area contributed by atoms with E-state index in [9.17, 15) is 13.5 Å². The summed E-state index contributed by atoms with van der Waals surface area (Å²) in [4.78, 5) is 0. The van der Waals surface area contributed by atoms with Crippen molar-refractivity contribution >= 4 is 10.1 Å². The number of benzene rings is 1. The van der Waals surface area contributed by atoms with Gasteiger partial charge in [0.05, 0.1) is 0 Å². The molecule has 5 nitrogen and oxygen atoms in total. The van der Waals surface area contributed by atoms with E-state index < -0.39 is 15.9 Å². The van der Waals surface area contributed by atoms with E-state index in [1.807, 2.05) is 0 Å². The highest BCUT2D eigenvalue weighted by Crippen LogP contribution is 2.22. The molecule has 0 aromatic heterocycles. The van der Waals surface area contributed by atoms with Gasteiger partial charge < -0.3 is 9.84 Å². The third-order valence-electron chi connectivity index (χ3n) is 1.79. The van der Waals surface area contributed by atoms with E-state index in [1.54, 1.807) is 19.1 Å². The van der Waals surface area contributed by atoms with Crippen LogP contribution >= 0.6 is 0 Å². The van der Waals surface area contributed by atoms with Crippen molar-refractivity contribution in [3.63, 3.8) is 0 Å². The van der Waals surface area contributed by atoms with Crippen LogP contribution in [0, 0.1) is 6.92 Å². The molecule has 84 valence electrons. The second kappa shape index (κ2) is 4.50. The topological polar surface area (TPSA) is 83.8 Å². The summed E-state index contributed by atoms with van der Waals surface area (Å²) in [5.74, 6) is -0.0251. The van der Waals surface area contributed by atoms with E-state index in [-0.39, 0.29) is 12.4 Å². The lowest BCUT2D eigenvalue weighted by atomic mass is 10.2. The van der Waals surface area contributed by atoms with Crippen LogP contribution < -0.4 is 4.74 Å². The highest BCUT2D eigenvalue weighted by Gasteiger charge is 2.05. The van der Waals surface area contributed by atoms with Crippen LogP contribution in [0.4, 0.5) is 0 Å². The molecule has 0 fully saturated rings. The van der Waals surface area contributed by atoms with Gasteiger partial charge in [-0.15, -0.1) is 0 Å². The average Bonchev–Trinajstić information content (AvgIpc) is 2.09. The molecule has 0 unspecified atom stereocenters. The molecule has 0 heterocycles. The lowest BCUT2D eigenvalue weighted by Gasteiger charge is -2.06. The maximum Gasteiger partial charge on any atom is 0.268 e. The first-order valence-corrected chi connectivity index (χ1v) is 5.87. The smallest absolute Gasteiger partial charge is 0.268 e. The maximum absolute atomic E-state index is 10.4. The minimum absolute atomic E-state index is 0.0827.